The van der Waals surface area contributed by atoms with Gasteiger partial charge in [-0.2, -0.15) is 0 Å². The number of carbonyl (C=O) groups is 2. The molecule has 2 aromatic heterocycles. The third kappa shape index (κ3) is 2.57. The van der Waals surface area contributed by atoms with Crippen molar-refractivity contribution in [2.75, 3.05) is 13.7 Å². The normalized spacial score (nSPS) is 14.4. The molecule has 0 aliphatic carbocycles. The number of thiazole rings is 1. The molecule has 0 atom stereocenters. The van der Waals surface area contributed by atoms with E-state index >= 15 is 0 Å². The van der Waals surface area contributed by atoms with Crippen molar-refractivity contribution >= 4 is 23.3 Å². The average molecular weight is 304 g/mol. The molecule has 21 heavy (non-hydrogen) atoms. The quantitative estimate of drug-likeness (QED) is 0.860. The van der Waals surface area contributed by atoms with Crippen molar-refractivity contribution in [3.05, 3.63) is 28.7 Å². The number of methoxy groups -OCH3 is 1. The van der Waals surface area contributed by atoms with Gasteiger partial charge in [0, 0.05) is 11.6 Å². The third-order valence-electron chi connectivity index (χ3n) is 3.02. The number of carbonyl (C=O) groups excluding carboxylic acids is 2. The molecule has 1 saturated heterocycles. The first kappa shape index (κ1) is 13.5. The van der Waals surface area contributed by atoms with Crippen molar-refractivity contribution in [3.63, 3.8) is 0 Å². The van der Waals surface area contributed by atoms with Gasteiger partial charge in [-0.25, -0.2) is 14.8 Å². The standard InChI is InChI=1S/C13H12N4O3S/c1-20-12-8(3-2-4-14-12)9-7-21-10(16-9)6-17-11(18)5-15-13(17)19/h2-4,7H,5-6H2,1H3,(H,15,19). The molecule has 3 amide bonds. The first-order valence-electron chi connectivity index (χ1n) is 6.21. The molecule has 0 unspecified atom stereocenters. The zero-order valence-electron chi connectivity index (χ0n) is 11.2. The van der Waals surface area contributed by atoms with Crippen LogP contribution in [-0.4, -0.2) is 40.5 Å². The Bertz CT molecular complexity index is 684. The number of rotatable bonds is 4. The summed E-state index contributed by atoms with van der Waals surface area (Å²) in [6.07, 6.45) is 1.64. The van der Waals surface area contributed by atoms with Crippen LogP contribution >= 0.6 is 11.3 Å². The molecule has 1 fully saturated rings. The van der Waals surface area contributed by atoms with Gasteiger partial charge in [0.25, 0.3) is 0 Å². The van der Waals surface area contributed by atoms with E-state index in [1.54, 1.807) is 19.4 Å². The predicted molar refractivity (Wildman–Crippen MR) is 75.8 cm³/mol. The first-order chi connectivity index (χ1) is 10.2. The monoisotopic (exact) mass is 304 g/mol. The second-order valence-electron chi connectivity index (χ2n) is 4.33. The summed E-state index contributed by atoms with van der Waals surface area (Å²) in [5.74, 6) is 0.250. The Morgan fingerprint density at radius 3 is 3.05 bits per heavy atom. The molecule has 3 heterocycles. The van der Waals surface area contributed by atoms with E-state index in [2.05, 4.69) is 15.3 Å². The van der Waals surface area contributed by atoms with Crippen molar-refractivity contribution in [1.29, 1.82) is 0 Å². The number of nitrogens with one attached hydrogen (secondary N) is 1. The Morgan fingerprint density at radius 1 is 1.48 bits per heavy atom. The van der Waals surface area contributed by atoms with Crippen LogP contribution in [0.1, 0.15) is 5.01 Å². The molecule has 0 bridgehead atoms. The lowest BCUT2D eigenvalue weighted by molar-refractivity contribution is -0.125. The highest BCUT2D eigenvalue weighted by Crippen LogP contribution is 2.29. The van der Waals surface area contributed by atoms with Crippen LogP contribution in [0.3, 0.4) is 0 Å². The molecular weight excluding hydrogens is 292 g/mol. The highest BCUT2D eigenvalue weighted by Gasteiger charge is 2.29. The second-order valence-corrected chi connectivity index (χ2v) is 5.27. The predicted octanol–water partition coefficient (Wildman–Crippen LogP) is 1.27. The number of ether oxygens (including phenoxy) is 1. The van der Waals surface area contributed by atoms with E-state index in [-0.39, 0.29) is 25.0 Å². The Hall–Kier alpha value is -2.48. The number of hydrogen-bond donors (Lipinski definition) is 1. The molecular formula is C13H12N4O3S. The number of aromatic nitrogens is 2. The number of nitrogens with zero attached hydrogens (tertiary/aromatic N) is 3. The molecule has 0 spiro atoms. The zero-order valence-corrected chi connectivity index (χ0v) is 12.0. The van der Waals surface area contributed by atoms with Gasteiger partial charge in [0.2, 0.25) is 11.8 Å². The number of imide groups is 1. The number of pyridine rings is 1. The van der Waals surface area contributed by atoms with Crippen molar-refractivity contribution < 1.29 is 14.3 Å². The Balaban J connectivity index is 1.83. The van der Waals surface area contributed by atoms with Crippen LogP contribution in [0.25, 0.3) is 11.3 Å². The lowest BCUT2D eigenvalue weighted by Crippen LogP contribution is -2.30. The molecule has 108 valence electrons. The van der Waals surface area contributed by atoms with Gasteiger partial charge in [-0.15, -0.1) is 11.3 Å². The molecule has 3 rings (SSSR count). The highest BCUT2D eigenvalue weighted by atomic mass is 32.1. The number of amides is 3. The Morgan fingerprint density at radius 2 is 2.33 bits per heavy atom. The Kier molecular flexibility index (Phi) is 3.53. The van der Waals surface area contributed by atoms with Gasteiger partial charge in [-0.3, -0.25) is 9.69 Å². The summed E-state index contributed by atoms with van der Waals surface area (Å²) in [5.41, 5.74) is 1.49. The smallest absolute Gasteiger partial charge is 0.324 e. The molecule has 0 radical (unpaired) electrons. The van der Waals surface area contributed by atoms with E-state index in [0.717, 1.165) is 10.5 Å². The molecule has 7 nitrogen and oxygen atoms in total. The van der Waals surface area contributed by atoms with Crippen molar-refractivity contribution in [3.8, 4) is 17.1 Å². The lowest BCUT2D eigenvalue weighted by atomic mass is 10.2. The molecule has 0 aromatic carbocycles. The van der Waals surface area contributed by atoms with E-state index in [0.29, 0.717) is 16.6 Å². The van der Waals surface area contributed by atoms with Crippen LogP contribution in [-0.2, 0) is 11.3 Å². The van der Waals surface area contributed by atoms with Gasteiger partial charge in [0.05, 0.1) is 31.5 Å². The minimum atomic E-state index is -0.379. The summed E-state index contributed by atoms with van der Waals surface area (Å²) < 4.78 is 5.20. The average Bonchev–Trinajstić information content (AvgIpc) is 3.09. The number of hydrogen-bond acceptors (Lipinski definition) is 6. The molecule has 0 saturated carbocycles. The van der Waals surface area contributed by atoms with Crippen LogP contribution in [0, 0.1) is 0 Å². The van der Waals surface area contributed by atoms with Gasteiger partial charge >= 0.3 is 6.03 Å². The zero-order chi connectivity index (χ0) is 14.8. The van der Waals surface area contributed by atoms with Crippen molar-refractivity contribution in [1.82, 2.24) is 20.2 Å². The van der Waals surface area contributed by atoms with Crippen LogP contribution in [0.5, 0.6) is 5.88 Å². The molecule has 1 aliphatic heterocycles. The largest absolute Gasteiger partial charge is 0.481 e. The van der Waals surface area contributed by atoms with Gasteiger partial charge in [0.1, 0.15) is 5.01 Å². The van der Waals surface area contributed by atoms with Crippen molar-refractivity contribution in [2.24, 2.45) is 0 Å². The fourth-order valence-corrected chi connectivity index (χ4v) is 2.79. The van der Waals surface area contributed by atoms with Gasteiger partial charge < -0.3 is 10.1 Å². The SMILES string of the molecule is COc1ncccc1-c1csc(CN2C(=O)CNC2=O)n1. The second kappa shape index (κ2) is 5.49. The topological polar surface area (TPSA) is 84.4 Å². The maximum atomic E-state index is 11.6. The van der Waals surface area contributed by atoms with Crippen LogP contribution in [0.15, 0.2) is 23.7 Å². The van der Waals surface area contributed by atoms with Crippen LogP contribution < -0.4 is 10.1 Å². The highest BCUT2D eigenvalue weighted by molar-refractivity contribution is 7.09. The third-order valence-corrected chi connectivity index (χ3v) is 3.86. The number of urea groups is 1. The van der Waals surface area contributed by atoms with E-state index < -0.39 is 0 Å². The summed E-state index contributed by atoms with van der Waals surface area (Å²) in [5, 5.41) is 5.02. The summed E-state index contributed by atoms with van der Waals surface area (Å²) in [6.45, 7) is 0.228. The van der Waals surface area contributed by atoms with Gasteiger partial charge in [-0.05, 0) is 12.1 Å². The van der Waals surface area contributed by atoms with Crippen LogP contribution in [0.2, 0.25) is 0 Å². The molecule has 1 aliphatic rings. The van der Waals surface area contributed by atoms with E-state index in [1.165, 1.54) is 11.3 Å². The summed E-state index contributed by atoms with van der Waals surface area (Å²) >= 11 is 1.39. The fraction of sp³-hybridized carbons (Fsp3) is 0.231. The maximum absolute atomic E-state index is 11.6. The minimum absolute atomic E-state index is 0.0491. The van der Waals surface area contributed by atoms with E-state index in [9.17, 15) is 9.59 Å². The lowest BCUT2D eigenvalue weighted by Gasteiger charge is -2.09. The van der Waals surface area contributed by atoms with E-state index in [4.69, 9.17) is 4.74 Å². The molecule has 8 heteroatoms. The summed E-state index contributed by atoms with van der Waals surface area (Å²) in [4.78, 5) is 32.8. The fourth-order valence-electron chi connectivity index (χ4n) is 2.01. The van der Waals surface area contributed by atoms with E-state index in [1.807, 2.05) is 11.4 Å². The first-order valence-corrected chi connectivity index (χ1v) is 7.09. The summed E-state index contributed by atoms with van der Waals surface area (Å²) in [6, 6.07) is 3.28. The van der Waals surface area contributed by atoms with Gasteiger partial charge in [-0.1, -0.05) is 0 Å². The molecule has 1 N–H and O–H groups in total. The van der Waals surface area contributed by atoms with Crippen LogP contribution in [0.4, 0.5) is 4.79 Å². The Labute approximate surface area is 124 Å². The maximum Gasteiger partial charge on any atom is 0.324 e. The minimum Gasteiger partial charge on any atom is -0.481 e. The summed E-state index contributed by atoms with van der Waals surface area (Å²) in [7, 11) is 1.55. The van der Waals surface area contributed by atoms with Crippen molar-refractivity contribution in [2.45, 2.75) is 6.54 Å². The molecule has 2 aromatic rings. The van der Waals surface area contributed by atoms with Gasteiger partial charge in [0.15, 0.2) is 0 Å².